The number of aromatic nitrogens is 2. The topological polar surface area (TPSA) is 54.7 Å². The van der Waals surface area contributed by atoms with Crippen molar-refractivity contribution in [3.63, 3.8) is 0 Å². The average Bonchev–Trinajstić information content (AvgIpc) is 2.64. The van der Waals surface area contributed by atoms with E-state index in [-0.39, 0.29) is 5.41 Å². The molecule has 1 heterocycles. The van der Waals surface area contributed by atoms with Crippen LogP contribution in [0.5, 0.6) is 0 Å². The molecule has 3 nitrogen and oxygen atoms in total. The fraction of sp³-hybridized carbons (Fsp3) is 0.417. The van der Waals surface area contributed by atoms with Gasteiger partial charge in [0, 0.05) is 12.0 Å². The van der Waals surface area contributed by atoms with Crippen molar-refractivity contribution in [2.75, 3.05) is 6.54 Å². The van der Waals surface area contributed by atoms with Gasteiger partial charge in [0.15, 0.2) is 0 Å². The highest BCUT2D eigenvalue weighted by molar-refractivity contribution is 5.78. The van der Waals surface area contributed by atoms with Crippen LogP contribution in [-0.4, -0.2) is 16.5 Å². The van der Waals surface area contributed by atoms with E-state index in [4.69, 9.17) is 5.73 Å². The predicted octanol–water partition coefficient (Wildman–Crippen LogP) is 2.11. The van der Waals surface area contributed by atoms with Crippen LogP contribution in [0.25, 0.3) is 11.0 Å². The molecule has 1 aromatic carbocycles. The van der Waals surface area contributed by atoms with Crippen LogP contribution >= 0.6 is 0 Å². The van der Waals surface area contributed by atoms with Gasteiger partial charge in [0.05, 0.1) is 11.0 Å². The summed E-state index contributed by atoms with van der Waals surface area (Å²) in [5, 5.41) is 0. The minimum absolute atomic E-state index is 0.0918. The minimum Gasteiger partial charge on any atom is -0.341 e. The maximum absolute atomic E-state index is 5.74. The van der Waals surface area contributed by atoms with Crippen LogP contribution in [0.2, 0.25) is 0 Å². The van der Waals surface area contributed by atoms with Gasteiger partial charge in [-0.3, -0.25) is 0 Å². The maximum atomic E-state index is 5.74. The van der Waals surface area contributed by atoms with Gasteiger partial charge in [0.25, 0.3) is 0 Å². The fourth-order valence-electron chi connectivity index (χ4n) is 1.59. The number of fused-ring (bicyclic) bond motifs is 1. The number of benzene rings is 1. The van der Waals surface area contributed by atoms with Gasteiger partial charge >= 0.3 is 0 Å². The summed E-state index contributed by atoms with van der Waals surface area (Å²) in [6.07, 6.45) is 0. The lowest BCUT2D eigenvalue weighted by atomic mass is 9.93. The van der Waals surface area contributed by atoms with Crippen molar-refractivity contribution in [2.45, 2.75) is 26.2 Å². The Bertz CT molecular complexity index is 483. The Hall–Kier alpha value is -1.35. The number of aromatic amines is 1. The van der Waals surface area contributed by atoms with Gasteiger partial charge in [-0.2, -0.15) is 0 Å². The summed E-state index contributed by atoms with van der Waals surface area (Å²) in [6.45, 7) is 6.86. The number of rotatable bonds is 2. The van der Waals surface area contributed by atoms with Crippen LogP contribution in [0.3, 0.4) is 0 Å². The highest BCUT2D eigenvalue weighted by Gasteiger charge is 2.22. The second-order valence-electron chi connectivity index (χ2n) is 4.64. The van der Waals surface area contributed by atoms with Gasteiger partial charge in [-0.1, -0.05) is 26.0 Å². The van der Waals surface area contributed by atoms with Crippen molar-refractivity contribution < 1.29 is 0 Å². The number of nitrogens with zero attached hydrogens (tertiary/aromatic N) is 1. The monoisotopic (exact) mass is 203 g/mol. The number of para-hydroxylation sites is 1. The zero-order chi connectivity index (χ0) is 11.1. The zero-order valence-electron chi connectivity index (χ0n) is 9.46. The number of hydrogen-bond acceptors (Lipinski definition) is 2. The first kappa shape index (κ1) is 10.2. The molecule has 0 aliphatic heterocycles. The quantitative estimate of drug-likeness (QED) is 0.785. The summed E-state index contributed by atoms with van der Waals surface area (Å²) in [7, 11) is 0. The molecule has 0 fully saturated rings. The first-order chi connectivity index (χ1) is 7.04. The Morgan fingerprint density at radius 1 is 1.40 bits per heavy atom. The summed E-state index contributed by atoms with van der Waals surface area (Å²) in [4.78, 5) is 7.96. The molecule has 3 N–H and O–H groups in total. The third kappa shape index (κ3) is 1.63. The van der Waals surface area contributed by atoms with E-state index in [0.717, 1.165) is 16.9 Å². The lowest BCUT2D eigenvalue weighted by Crippen LogP contribution is -2.29. The molecule has 0 bridgehead atoms. The molecule has 0 saturated carbocycles. The number of H-pyrrole nitrogens is 1. The van der Waals surface area contributed by atoms with E-state index >= 15 is 0 Å². The second-order valence-corrected chi connectivity index (χ2v) is 4.64. The Morgan fingerprint density at radius 3 is 2.73 bits per heavy atom. The van der Waals surface area contributed by atoms with E-state index in [9.17, 15) is 0 Å². The van der Waals surface area contributed by atoms with Crippen LogP contribution in [0.15, 0.2) is 18.2 Å². The summed E-state index contributed by atoms with van der Waals surface area (Å²) in [5.41, 5.74) is 8.98. The molecule has 0 aliphatic rings. The molecule has 2 aromatic rings. The number of nitrogens with two attached hydrogens (primary N) is 1. The molecular weight excluding hydrogens is 186 g/mol. The Balaban J connectivity index is 2.62. The predicted molar refractivity (Wildman–Crippen MR) is 62.9 cm³/mol. The number of aryl methyl sites for hydroxylation is 1. The summed E-state index contributed by atoms with van der Waals surface area (Å²) in [5.74, 6) is 0.967. The van der Waals surface area contributed by atoms with Gasteiger partial charge in [0.2, 0.25) is 0 Å². The van der Waals surface area contributed by atoms with E-state index in [1.54, 1.807) is 0 Å². The molecule has 0 amide bonds. The minimum atomic E-state index is -0.0918. The van der Waals surface area contributed by atoms with Crippen molar-refractivity contribution in [3.8, 4) is 0 Å². The van der Waals surface area contributed by atoms with E-state index in [1.165, 1.54) is 5.56 Å². The van der Waals surface area contributed by atoms with Crippen molar-refractivity contribution >= 4 is 11.0 Å². The normalized spacial score (nSPS) is 12.3. The van der Waals surface area contributed by atoms with Crippen molar-refractivity contribution in [1.82, 2.24) is 9.97 Å². The molecule has 0 aliphatic carbocycles. The van der Waals surface area contributed by atoms with Crippen LogP contribution < -0.4 is 5.73 Å². The summed E-state index contributed by atoms with van der Waals surface area (Å²) >= 11 is 0. The van der Waals surface area contributed by atoms with Gasteiger partial charge in [0.1, 0.15) is 5.82 Å². The van der Waals surface area contributed by atoms with Crippen molar-refractivity contribution in [2.24, 2.45) is 5.73 Å². The molecular formula is C12H17N3. The molecule has 0 unspecified atom stereocenters. The van der Waals surface area contributed by atoms with Crippen molar-refractivity contribution in [3.05, 3.63) is 29.6 Å². The van der Waals surface area contributed by atoms with E-state index in [2.05, 4.69) is 36.8 Å². The molecule has 3 heteroatoms. The largest absolute Gasteiger partial charge is 0.341 e. The first-order valence-corrected chi connectivity index (χ1v) is 5.20. The smallest absolute Gasteiger partial charge is 0.114 e. The second kappa shape index (κ2) is 3.35. The first-order valence-electron chi connectivity index (χ1n) is 5.20. The van der Waals surface area contributed by atoms with Crippen LogP contribution in [0.4, 0.5) is 0 Å². The van der Waals surface area contributed by atoms with E-state index in [0.29, 0.717) is 6.54 Å². The highest BCUT2D eigenvalue weighted by atomic mass is 14.9. The summed E-state index contributed by atoms with van der Waals surface area (Å²) < 4.78 is 0. The number of nitrogens with one attached hydrogen (secondary N) is 1. The summed E-state index contributed by atoms with van der Waals surface area (Å²) in [6, 6.07) is 6.16. The molecule has 1 aromatic heterocycles. The standard InChI is InChI=1S/C12H17N3/c1-8-5-4-6-9-10(8)15-11(14-9)12(2,3)7-13/h4-6H,7,13H2,1-3H3,(H,14,15). The lowest BCUT2D eigenvalue weighted by Gasteiger charge is -2.18. The van der Waals surface area contributed by atoms with Gasteiger partial charge in [-0.15, -0.1) is 0 Å². The maximum Gasteiger partial charge on any atom is 0.114 e. The van der Waals surface area contributed by atoms with Crippen molar-refractivity contribution in [1.29, 1.82) is 0 Å². The van der Waals surface area contributed by atoms with Gasteiger partial charge in [-0.25, -0.2) is 4.98 Å². The number of imidazole rings is 1. The lowest BCUT2D eigenvalue weighted by molar-refractivity contribution is 0.509. The van der Waals surface area contributed by atoms with E-state index < -0.39 is 0 Å². The third-order valence-corrected chi connectivity index (χ3v) is 2.87. The SMILES string of the molecule is Cc1cccc2[nH]c(C(C)(C)CN)nc12. The third-order valence-electron chi connectivity index (χ3n) is 2.87. The molecule has 15 heavy (non-hydrogen) atoms. The number of hydrogen-bond donors (Lipinski definition) is 2. The van der Waals surface area contributed by atoms with Gasteiger partial charge < -0.3 is 10.7 Å². The fourth-order valence-corrected chi connectivity index (χ4v) is 1.59. The van der Waals surface area contributed by atoms with Crippen LogP contribution in [-0.2, 0) is 5.41 Å². The van der Waals surface area contributed by atoms with Crippen LogP contribution in [0, 0.1) is 6.92 Å². The molecule has 0 spiro atoms. The molecule has 80 valence electrons. The average molecular weight is 203 g/mol. The Kier molecular flexibility index (Phi) is 2.27. The van der Waals surface area contributed by atoms with Gasteiger partial charge in [-0.05, 0) is 18.6 Å². The molecule has 2 rings (SSSR count). The highest BCUT2D eigenvalue weighted by Crippen LogP contribution is 2.23. The molecule has 0 atom stereocenters. The molecule has 0 saturated heterocycles. The zero-order valence-corrected chi connectivity index (χ0v) is 9.46. The van der Waals surface area contributed by atoms with Crippen LogP contribution in [0.1, 0.15) is 25.2 Å². The molecule has 0 radical (unpaired) electrons. The Labute approximate surface area is 89.7 Å². The Morgan fingerprint density at radius 2 is 2.13 bits per heavy atom. The van der Waals surface area contributed by atoms with E-state index in [1.807, 2.05) is 12.1 Å².